The van der Waals surface area contributed by atoms with Crippen molar-refractivity contribution in [3.63, 3.8) is 0 Å². The zero-order valence-electron chi connectivity index (χ0n) is 7.85. The zero-order valence-corrected chi connectivity index (χ0v) is 7.85. The minimum Gasteiger partial charge on any atom is -0.241 e. The Morgan fingerprint density at radius 2 is 2.54 bits per heavy atom. The second-order valence-electron chi connectivity index (χ2n) is 3.34. The molecule has 2 nitrogen and oxygen atoms in total. The first-order valence-corrected chi connectivity index (χ1v) is 4.78. The van der Waals surface area contributed by atoms with E-state index in [2.05, 4.69) is 30.3 Å². The van der Waals surface area contributed by atoms with Crippen LogP contribution in [0.3, 0.4) is 0 Å². The highest BCUT2D eigenvalue weighted by Crippen LogP contribution is 2.20. The molecule has 1 unspecified atom stereocenters. The molecular weight excluding hydrogens is 160 g/mol. The largest absolute Gasteiger partial charge is 0.241 e. The molecule has 0 amide bonds. The molecule has 1 aliphatic carbocycles. The van der Waals surface area contributed by atoms with Crippen LogP contribution in [-0.2, 0) is 0 Å². The lowest BCUT2D eigenvalue weighted by Crippen LogP contribution is -2.02. The molecule has 1 aliphatic rings. The Hall–Kier alpha value is -1.31. The quantitative estimate of drug-likeness (QED) is 0.674. The average molecular weight is 174 g/mol. The Morgan fingerprint density at radius 3 is 3.08 bits per heavy atom. The molecule has 1 heterocycles. The summed E-state index contributed by atoms with van der Waals surface area (Å²) in [6, 6.07) is 1.95. The SMILES string of the molecule is CCC1C=CC(n2cccn2)=CC1. The van der Waals surface area contributed by atoms with E-state index >= 15 is 0 Å². The molecule has 0 saturated heterocycles. The van der Waals surface area contributed by atoms with Gasteiger partial charge in [-0.3, -0.25) is 0 Å². The maximum atomic E-state index is 4.19. The van der Waals surface area contributed by atoms with Gasteiger partial charge in [-0.15, -0.1) is 0 Å². The van der Waals surface area contributed by atoms with Crippen LogP contribution in [0.2, 0.25) is 0 Å². The van der Waals surface area contributed by atoms with E-state index in [4.69, 9.17) is 0 Å². The molecule has 0 radical (unpaired) electrons. The number of hydrogen-bond donors (Lipinski definition) is 0. The fraction of sp³-hybridized carbons (Fsp3) is 0.364. The van der Waals surface area contributed by atoms with E-state index in [1.165, 1.54) is 12.1 Å². The number of aromatic nitrogens is 2. The van der Waals surface area contributed by atoms with E-state index in [0.29, 0.717) is 0 Å². The highest BCUT2D eigenvalue weighted by Gasteiger charge is 2.06. The fourth-order valence-corrected chi connectivity index (χ4v) is 1.55. The molecule has 0 spiro atoms. The van der Waals surface area contributed by atoms with E-state index in [-0.39, 0.29) is 0 Å². The van der Waals surface area contributed by atoms with Crippen molar-refractivity contribution in [2.24, 2.45) is 5.92 Å². The molecule has 1 aromatic rings. The van der Waals surface area contributed by atoms with Crippen molar-refractivity contribution in [2.45, 2.75) is 19.8 Å². The van der Waals surface area contributed by atoms with Gasteiger partial charge in [-0.1, -0.05) is 19.1 Å². The summed E-state index contributed by atoms with van der Waals surface area (Å²) >= 11 is 0. The van der Waals surface area contributed by atoms with E-state index in [1.54, 1.807) is 6.20 Å². The van der Waals surface area contributed by atoms with Crippen LogP contribution in [0.5, 0.6) is 0 Å². The molecule has 1 atom stereocenters. The van der Waals surface area contributed by atoms with Gasteiger partial charge in [0, 0.05) is 12.4 Å². The first-order valence-electron chi connectivity index (χ1n) is 4.78. The predicted molar refractivity (Wildman–Crippen MR) is 54.0 cm³/mol. The van der Waals surface area contributed by atoms with Gasteiger partial charge in [-0.2, -0.15) is 5.10 Å². The van der Waals surface area contributed by atoms with Crippen molar-refractivity contribution in [3.05, 3.63) is 36.7 Å². The van der Waals surface area contributed by atoms with Crippen LogP contribution in [0.25, 0.3) is 5.70 Å². The topological polar surface area (TPSA) is 17.8 Å². The third-order valence-electron chi connectivity index (χ3n) is 2.46. The lowest BCUT2D eigenvalue weighted by atomic mass is 9.97. The molecule has 68 valence electrons. The molecule has 0 N–H and O–H groups in total. The first-order chi connectivity index (χ1) is 6.40. The van der Waals surface area contributed by atoms with Crippen molar-refractivity contribution in [2.75, 3.05) is 0 Å². The van der Waals surface area contributed by atoms with Crippen molar-refractivity contribution >= 4 is 5.70 Å². The van der Waals surface area contributed by atoms with Gasteiger partial charge in [0.2, 0.25) is 0 Å². The van der Waals surface area contributed by atoms with Crippen LogP contribution >= 0.6 is 0 Å². The monoisotopic (exact) mass is 174 g/mol. The van der Waals surface area contributed by atoms with E-state index in [0.717, 1.165) is 12.3 Å². The first kappa shape index (κ1) is 8.30. The molecule has 2 rings (SSSR count). The summed E-state index contributed by atoms with van der Waals surface area (Å²) in [7, 11) is 0. The van der Waals surface area contributed by atoms with Crippen LogP contribution < -0.4 is 0 Å². The third-order valence-corrected chi connectivity index (χ3v) is 2.46. The van der Waals surface area contributed by atoms with Gasteiger partial charge >= 0.3 is 0 Å². The zero-order chi connectivity index (χ0) is 9.10. The second kappa shape index (κ2) is 3.60. The number of nitrogens with zero attached hydrogens (tertiary/aromatic N) is 2. The fourth-order valence-electron chi connectivity index (χ4n) is 1.55. The van der Waals surface area contributed by atoms with Gasteiger partial charge in [-0.25, -0.2) is 4.68 Å². The Bertz CT molecular complexity index is 320. The molecule has 2 heteroatoms. The maximum absolute atomic E-state index is 4.19. The predicted octanol–water partition coefficient (Wildman–Crippen LogP) is 2.71. The summed E-state index contributed by atoms with van der Waals surface area (Å²) in [5.41, 5.74) is 1.19. The van der Waals surface area contributed by atoms with E-state index < -0.39 is 0 Å². The van der Waals surface area contributed by atoms with Crippen molar-refractivity contribution in [3.8, 4) is 0 Å². The Balaban J connectivity index is 2.13. The van der Waals surface area contributed by atoms with Gasteiger partial charge in [0.15, 0.2) is 0 Å². The molecule has 1 aromatic heterocycles. The minimum atomic E-state index is 0.722. The highest BCUT2D eigenvalue weighted by atomic mass is 15.3. The third kappa shape index (κ3) is 1.72. The van der Waals surface area contributed by atoms with Gasteiger partial charge < -0.3 is 0 Å². The summed E-state index contributed by atoms with van der Waals surface area (Å²) in [4.78, 5) is 0. The van der Waals surface area contributed by atoms with Gasteiger partial charge in [0.1, 0.15) is 0 Å². The normalized spacial score (nSPS) is 21.6. The van der Waals surface area contributed by atoms with Crippen LogP contribution in [0.1, 0.15) is 19.8 Å². The Morgan fingerprint density at radius 1 is 1.62 bits per heavy atom. The molecule has 0 aliphatic heterocycles. The van der Waals surface area contributed by atoms with Crippen molar-refractivity contribution in [1.29, 1.82) is 0 Å². The number of allylic oxidation sites excluding steroid dienone is 4. The highest BCUT2D eigenvalue weighted by molar-refractivity contribution is 5.57. The summed E-state index contributed by atoms with van der Waals surface area (Å²) in [6.07, 6.45) is 12.8. The van der Waals surface area contributed by atoms with E-state index in [9.17, 15) is 0 Å². The standard InChI is InChI=1S/C11H14N2/c1-2-10-4-6-11(7-5-10)13-9-3-8-12-13/h3-4,6-10H,2,5H2,1H3. The van der Waals surface area contributed by atoms with E-state index in [1.807, 2.05) is 16.9 Å². The van der Waals surface area contributed by atoms with Crippen LogP contribution in [-0.4, -0.2) is 9.78 Å². The number of hydrogen-bond acceptors (Lipinski definition) is 1. The molecule has 0 fully saturated rings. The molecule has 0 aromatic carbocycles. The van der Waals surface area contributed by atoms with Gasteiger partial charge in [-0.05, 0) is 30.9 Å². The Kier molecular flexibility index (Phi) is 2.30. The lowest BCUT2D eigenvalue weighted by molar-refractivity contribution is 0.630. The van der Waals surface area contributed by atoms with Crippen LogP contribution in [0.4, 0.5) is 0 Å². The summed E-state index contributed by atoms with van der Waals surface area (Å²) in [5, 5.41) is 4.19. The average Bonchev–Trinajstić information content (AvgIpc) is 2.71. The van der Waals surface area contributed by atoms with Crippen LogP contribution in [0.15, 0.2) is 36.7 Å². The second-order valence-corrected chi connectivity index (χ2v) is 3.34. The number of rotatable bonds is 2. The van der Waals surface area contributed by atoms with Crippen molar-refractivity contribution in [1.82, 2.24) is 9.78 Å². The molecule has 0 saturated carbocycles. The van der Waals surface area contributed by atoms with Crippen molar-refractivity contribution < 1.29 is 0 Å². The summed E-state index contributed by atoms with van der Waals surface area (Å²) in [5.74, 6) is 0.722. The maximum Gasteiger partial charge on any atom is 0.0602 e. The lowest BCUT2D eigenvalue weighted by Gasteiger charge is -2.13. The van der Waals surface area contributed by atoms with Gasteiger partial charge in [0.25, 0.3) is 0 Å². The molecule has 13 heavy (non-hydrogen) atoms. The van der Waals surface area contributed by atoms with Crippen LogP contribution in [0, 0.1) is 5.92 Å². The summed E-state index contributed by atoms with van der Waals surface area (Å²) in [6.45, 7) is 2.22. The minimum absolute atomic E-state index is 0.722. The molecule has 0 bridgehead atoms. The summed E-state index contributed by atoms with van der Waals surface area (Å²) < 4.78 is 1.91. The Labute approximate surface area is 78.6 Å². The molecular formula is C11H14N2. The van der Waals surface area contributed by atoms with Gasteiger partial charge in [0.05, 0.1) is 5.70 Å². The smallest absolute Gasteiger partial charge is 0.0602 e.